The van der Waals surface area contributed by atoms with Crippen molar-refractivity contribution in [3.05, 3.63) is 23.9 Å². The second-order valence-electron chi connectivity index (χ2n) is 3.35. The molecule has 1 aromatic heterocycles. The van der Waals surface area contributed by atoms with E-state index in [0.29, 0.717) is 11.4 Å². The molecule has 1 fully saturated rings. The second-order valence-corrected chi connectivity index (χ2v) is 4.50. The van der Waals surface area contributed by atoms with Gasteiger partial charge in [0.15, 0.2) is 0 Å². The highest BCUT2D eigenvalue weighted by Crippen LogP contribution is 2.21. The molecule has 5 heteroatoms. The van der Waals surface area contributed by atoms with Crippen molar-refractivity contribution in [2.45, 2.75) is 12.5 Å². The molecule has 0 spiro atoms. The highest BCUT2D eigenvalue weighted by atomic mass is 32.2. The van der Waals surface area contributed by atoms with Crippen LogP contribution < -0.4 is 10.5 Å². The van der Waals surface area contributed by atoms with Gasteiger partial charge in [-0.1, -0.05) is 0 Å². The summed E-state index contributed by atoms with van der Waals surface area (Å²) in [7, 11) is 0. The van der Waals surface area contributed by atoms with Gasteiger partial charge in [-0.15, -0.1) is 0 Å². The lowest BCUT2D eigenvalue weighted by atomic mass is 10.3. The van der Waals surface area contributed by atoms with Crippen molar-refractivity contribution in [1.29, 1.82) is 0 Å². The van der Waals surface area contributed by atoms with Gasteiger partial charge in [0, 0.05) is 18.0 Å². The predicted molar refractivity (Wildman–Crippen MR) is 59.1 cm³/mol. The van der Waals surface area contributed by atoms with Crippen LogP contribution in [0.3, 0.4) is 0 Å². The number of hydrogen-bond acceptors (Lipinski definition) is 4. The van der Waals surface area contributed by atoms with Gasteiger partial charge in [0.05, 0.1) is 5.56 Å². The average Bonchev–Trinajstić information content (AvgIpc) is 2.71. The number of hydrogen-bond donors (Lipinski definition) is 1. The number of carbonyl (C=O) groups is 1. The van der Waals surface area contributed by atoms with Gasteiger partial charge in [0.1, 0.15) is 6.10 Å². The summed E-state index contributed by atoms with van der Waals surface area (Å²) >= 11 is 1.88. The molecule has 0 unspecified atom stereocenters. The zero-order valence-electron chi connectivity index (χ0n) is 8.18. The van der Waals surface area contributed by atoms with E-state index in [1.54, 1.807) is 12.1 Å². The Kier molecular flexibility index (Phi) is 3.11. The minimum Gasteiger partial charge on any atom is -0.473 e. The van der Waals surface area contributed by atoms with Crippen LogP contribution in [0.4, 0.5) is 0 Å². The first-order chi connectivity index (χ1) is 7.25. The summed E-state index contributed by atoms with van der Waals surface area (Å²) in [6, 6.07) is 3.32. The van der Waals surface area contributed by atoms with Crippen LogP contribution in [0.1, 0.15) is 16.8 Å². The maximum Gasteiger partial charge on any atom is 0.250 e. The topological polar surface area (TPSA) is 65.2 Å². The SMILES string of the molecule is NC(=O)c1ccc(O[C@@H]2CCSC2)nc1. The molecule has 0 saturated carbocycles. The highest BCUT2D eigenvalue weighted by molar-refractivity contribution is 7.99. The molecule has 1 atom stereocenters. The van der Waals surface area contributed by atoms with E-state index < -0.39 is 5.91 Å². The third kappa shape index (κ3) is 2.62. The molecule has 1 amide bonds. The van der Waals surface area contributed by atoms with Crippen LogP contribution in [0.2, 0.25) is 0 Å². The molecule has 2 rings (SSSR count). The summed E-state index contributed by atoms with van der Waals surface area (Å²) in [5.74, 6) is 2.25. The van der Waals surface area contributed by atoms with Gasteiger partial charge in [0.25, 0.3) is 0 Å². The molecular formula is C10H12N2O2S. The molecule has 0 aliphatic carbocycles. The van der Waals surface area contributed by atoms with Crippen LogP contribution in [0.15, 0.2) is 18.3 Å². The predicted octanol–water partition coefficient (Wildman–Crippen LogP) is 1.06. The van der Waals surface area contributed by atoms with E-state index in [1.165, 1.54) is 6.20 Å². The smallest absolute Gasteiger partial charge is 0.250 e. The number of aromatic nitrogens is 1. The molecule has 1 saturated heterocycles. The maximum absolute atomic E-state index is 10.8. The first-order valence-electron chi connectivity index (χ1n) is 4.76. The standard InChI is InChI=1S/C10H12N2O2S/c11-10(13)7-1-2-9(12-5-7)14-8-3-4-15-6-8/h1-2,5,8H,3-4,6H2,(H2,11,13)/t8-/m1/s1. The second kappa shape index (κ2) is 4.53. The molecule has 2 N–H and O–H groups in total. The summed E-state index contributed by atoms with van der Waals surface area (Å²) in [6.07, 6.45) is 2.76. The Morgan fingerprint density at radius 3 is 3.00 bits per heavy atom. The highest BCUT2D eigenvalue weighted by Gasteiger charge is 2.17. The molecule has 15 heavy (non-hydrogen) atoms. The number of pyridine rings is 1. The summed E-state index contributed by atoms with van der Waals surface area (Å²) in [5, 5.41) is 0. The van der Waals surface area contributed by atoms with E-state index in [9.17, 15) is 4.79 Å². The van der Waals surface area contributed by atoms with Crippen LogP contribution in [-0.2, 0) is 0 Å². The van der Waals surface area contributed by atoms with Gasteiger partial charge < -0.3 is 10.5 Å². The van der Waals surface area contributed by atoms with Gasteiger partial charge in [-0.05, 0) is 18.2 Å². The van der Waals surface area contributed by atoms with Gasteiger partial charge in [0.2, 0.25) is 11.8 Å². The molecule has 0 bridgehead atoms. The van der Waals surface area contributed by atoms with Gasteiger partial charge >= 0.3 is 0 Å². The van der Waals surface area contributed by atoms with Gasteiger partial charge in [-0.3, -0.25) is 4.79 Å². The van der Waals surface area contributed by atoms with Crippen molar-refractivity contribution < 1.29 is 9.53 Å². The zero-order chi connectivity index (χ0) is 10.7. The van der Waals surface area contributed by atoms with Crippen molar-refractivity contribution >= 4 is 17.7 Å². The molecule has 1 aliphatic rings. The minimum absolute atomic E-state index is 0.252. The monoisotopic (exact) mass is 224 g/mol. The van der Waals surface area contributed by atoms with Crippen molar-refractivity contribution in [2.24, 2.45) is 5.73 Å². The van der Waals surface area contributed by atoms with E-state index >= 15 is 0 Å². The van der Waals surface area contributed by atoms with Crippen molar-refractivity contribution in [1.82, 2.24) is 4.98 Å². The Morgan fingerprint density at radius 2 is 2.47 bits per heavy atom. The lowest BCUT2D eigenvalue weighted by Crippen LogP contribution is -2.16. The molecule has 2 heterocycles. The summed E-state index contributed by atoms with van der Waals surface area (Å²) in [4.78, 5) is 14.8. The number of amides is 1. The number of primary amides is 1. The van der Waals surface area contributed by atoms with Crippen molar-refractivity contribution in [2.75, 3.05) is 11.5 Å². The molecule has 0 aromatic carbocycles. The normalized spacial score (nSPS) is 20.1. The first-order valence-corrected chi connectivity index (χ1v) is 5.91. The fraction of sp³-hybridized carbons (Fsp3) is 0.400. The van der Waals surface area contributed by atoms with E-state index in [1.807, 2.05) is 11.8 Å². The van der Waals surface area contributed by atoms with E-state index in [2.05, 4.69) is 4.98 Å². The van der Waals surface area contributed by atoms with E-state index in [4.69, 9.17) is 10.5 Å². The maximum atomic E-state index is 10.8. The number of nitrogens with zero attached hydrogens (tertiary/aromatic N) is 1. The first kappa shape index (κ1) is 10.3. The third-order valence-electron chi connectivity index (χ3n) is 2.20. The summed E-state index contributed by atoms with van der Waals surface area (Å²) in [5.41, 5.74) is 5.51. The van der Waals surface area contributed by atoms with Gasteiger partial charge in [-0.25, -0.2) is 4.98 Å². The van der Waals surface area contributed by atoms with Crippen LogP contribution in [0.25, 0.3) is 0 Å². The fourth-order valence-electron chi connectivity index (χ4n) is 1.37. The average molecular weight is 224 g/mol. The Morgan fingerprint density at radius 1 is 1.60 bits per heavy atom. The fourth-order valence-corrected chi connectivity index (χ4v) is 2.47. The number of rotatable bonds is 3. The molecule has 1 aromatic rings. The number of thioether (sulfide) groups is 1. The zero-order valence-corrected chi connectivity index (χ0v) is 9.00. The van der Waals surface area contributed by atoms with Crippen molar-refractivity contribution in [3.8, 4) is 5.88 Å². The van der Waals surface area contributed by atoms with E-state index in [-0.39, 0.29) is 6.10 Å². The Labute approximate surface area is 92.2 Å². The van der Waals surface area contributed by atoms with Crippen LogP contribution in [0.5, 0.6) is 5.88 Å². The Balaban J connectivity index is 2.00. The molecular weight excluding hydrogens is 212 g/mol. The summed E-state index contributed by atoms with van der Waals surface area (Å²) < 4.78 is 5.63. The lowest BCUT2D eigenvalue weighted by Gasteiger charge is -2.10. The number of carbonyl (C=O) groups excluding carboxylic acids is 1. The van der Waals surface area contributed by atoms with Crippen molar-refractivity contribution in [3.63, 3.8) is 0 Å². The lowest BCUT2D eigenvalue weighted by molar-refractivity contribution is 0.1000. The number of nitrogens with two attached hydrogens (primary N) is 1. The third-order valence-corrected chi connectivity index (χ3v) is 3.33. The largest absolute Gasteiger partial charge is 0.473 e. The Bertz CT molecular complexity index is 347. The Hall–Kier alpha value is -1.23. The molecule has 4 nitrogen and oxygen atoms in total. The molecule has 80 valence electrons. The van der Waals surface area contributed by atoms with Gasteiger partial charge in [-0.2, -0.15) is 11.8 Å². The van der Waals surface area contributed by atoms with Crippen LogP contribution in [0, 0.1) is 0 Å². The summed E-state index contributed by atoms with van der Waals surface area (Å²) in [6.45, 7) is 0. The molecule has 1 aliphatic heterocycles. The quantitative estimate of drug-likeness (QED) is 0.834. The van der Waals surface area contributed by atoms with E-state index in [0.717, 1.165) is 17.9 Å². The molecule has 0 radical (unpaired) electrons. The number of ether oxygens (including phenoxy) is 1. The minimum atomic E-state index is -0.467. The van der Waals surface area contributed by atoms with Crippen LogP contribution >= 0.6 is 11.8 Å². The van der Waals surface area contributed by atoms with Crippen LogP contribution in [-0.4, -0.2) is 28.5 Å².